The number of hydrogen-bond acceptors (Lipinski definition) is 9. The van der Waals surface area contributed by atoms with E-state index in [4.69, 9.17) is 14.5 Å². The van der Waals surface area contributed by atoms with Crippen molar-refractivity contribution in [1.29, 1.82) is 0 Å². The van der Waals surface area contributed by atoms with E-state index < -0.39 is 28.7 Å². The summed E-state index contributed by atoms with van der Waals surface area (Å²) >= 11 is 0. The number of ether oxygens (including phenoxy) is 2. The highest BCUT2D eigenvalue weighted by Crippen LogP contribution is 2.50. The number of methoxy groups -OCH3 is 1. The molecule has 2 aromatic rings. The minimum Gasteiger partial charge on any atom is -0.508 e. The van der Waals surface area contributed by atoms with Gasteiger partial charge in [0.15, 0.2) is 0 Å². The molecule has 2 aliphatic heterocycles. The van der Waals surface area contributed by atoms with Crippen molar-refractivity contribution in [3.8, 4) is 28.6 Å². The Labute approximate surface area is 259 Å². The van der Waals surface area contributed by atoms with Gasteiger partial charge < -0.3 is 34.7 Å². The molecule has 236 valence electrons. The molecular weight excluding hydrogens is 578 g/mol. The fourth-order valence-electron chi connectivity index (χ4n) is 5.85. The molecule has 1 aliphatic carbocycles. The Kier molecular flexibility index (Phi) is 8.20. The number of ketones is 1. The first kappa shape index (κ1) is 31.7. The normalized spacial score (nSPS) is 18.1. The third kappa shape index (κ3) is 5.21. The number of aryl methyl sites for hydroxylation is 1. The first-order valence-electron chi connectivity index (χ1n) is 14.6. The lowest BCUT2D eigenvalue weighted by Gasteiger charge is -2.22. The number of anilines is 1. The molecule has 2 heterocycles. The zero-order valence-corrected chi connectivity index (χ0v) is 26.3. The van der Waals surface area contributed by atoms with Gasteiger partial charge in [-0.05, 0) is 44.2 Å². The van der Waals surface area contributed by atoms with Crippen LogP contribution in [0.25, 0.3) is 33.2 Å². The largest absolute Gasteiger partial charge is 0.508 e. The second kappa shape index (κ2) is 11.6. The van der Waals surface area contributed by atoms with E-state index in [2.05, 4.69) is 5.32 Å². The van der Waals surface area contributed by atoms with Crippen LogP contribution in [-0.4, -0.2) is 56.1 Å². The number of phenolic OH excluding ortho intramolecular Hbond substituents is 2. The summed E-state index contributed by atoms with van der Waals surface area (Å²) in [6.45, 7) is 8.66. The monoisotopic (exact) mass is 615 g/mol. The lowest BCUT2D eigenvalue weighted by molar-refractivity contribution is -0.112. The zero-order chi connectivity index (χ0) is 33.0. The van der Waals surface area contributed by atoms with Crippen LogP contribution in [-0.2, 0) is 16.6 Å². The molecule has 4 N–H and O–H groups in total. The summed E-state index contributed by atoms with van der Waals surface area (Å²) < 4.78 is 12.9. The van der Waals surface area contributed by atoms with Crippen LogP contribution >= 0.6 is 0 Å². The second-order valence-corrected chi connectivity index (χ2v) is 11.9. The molecule has 0 saturated heterocycles. The number of aliphatic hydroxyl groups excluding tert-OH is 1. The zero-order valence-electron chi connectivity index (χ0n) is 26.3. The van der Waals surface area contributed by atoms with Crippen LogP contribution in [0.1, 0.15) is 50.0 Å². The standard InChI is InChI=1S/C34H37N3O8/c1-16(13-17(2)15-38)9-8-10-18(3)33(43)36-27-28-26(35-21-12-11-20(39)14-22(21)37(28)6)23-24(30(27)41)29(40)19(4)31-25(23)32(42)34(5,44-7)45-31/h8-12,14,16-17,38-40H,13,15H2,1-7H3,(H,36,43)/b9-8+,18-10-/t16-,17+,34-/m0/s1. The molecule has 0 fully saturated rings. The molecule has 0 aromatic heterocycles. The fraction of sp³-hybridized carbons (Fsp3) is 0.353. The second-order valence-electron chi connectivity index (χ2n) is 11.9. The van der Waals surface area contributed by atoms with E-state index in [1.54, 1.807) is 36.8 Å². The molecule has 1 amide bonds. The van der Waals surface area contributed by atoms with Gasteiger partial charge in [0.05, 0.1) is 33.4 Å². The van der Waals surface area contributed by atoms with E-state index in [9.17, 15) is 29.7 Å². The predicted octanol–water partition coefficient (Wildman–Crippen LogP) is 4.94. The number of nitrogens with zero attached hydrogens (tertiary/aromatic N) is 2. The number of amides is 1. The highest BCUT2D eigenvalue weighted by atomic mass is 16.7. The number of phenols is 2. The van der Waals surface area contributed by atoms with Crippen LogP contribution in [0, 0.1) is 18.8 Å². The Hall–Kier alpha value is -4.74. The van der Waals surface area contributed by atoms with E-state index in [0.29, 0.717) is 16.6 Å². The van der Waals surface area contributed by atoms with E-state index in [1.165, 1.54) is 33.1 Å². The van der Waals surface area contributed by atoms with Crippen LogP contribution in [0.3, 0.4) is 0 Å². The van der Waals surface area contributed by atoms with Gasteiger partial charge in [0.2, 0.25) is 11.2 Å². The Balaban J connectivity index is 1.76. The summed E-state index contributed by atoms with van der Waals surface area (Å²) in [5.74, 6) is -2.84. The molecule has 0 unspecified atom stereocenters. The summed E-state index contributed by atoms with van der Waals surface area (Å²) in [6, 6.07) is 4.53. The maximum atomic E-state index is 14.3. The van der Waals surface area contributed by atoms with Gasteiger partial charge in [0.25, 0.3) is 11.7 Å². The van der Waals surface area contributed by atoms with Crippen LogP contribution in [0.15, 0.2) is 46.8 Å². The average Bonchev–Trinajstić information content (AvgIpc) is 3.27. The highest BCUT2D eigenvalue weighted by Gasteiger charge is 2.48. The number of carbonyl (C=O) groups is 2. The molecule has 11 heteroatoms. The number of benzene rings is 3. The summed E-state index contributed by atoms with van der Waals surface area (Å²) in [4.78, 5) is 46.3. The molecule has 0 radical (unpaired) electrons. The number of carbonyl (C=O) groups excluding carboxylic acids is 2. The van der Waals surface area contributed by atoms with E-state index in [0.717, 1.165) is 6.42 Å². The Morgan fingerprint density at radius 3 is 2.60 bits per heavy atom. The Morgan fingerprint density at radius 1 is 1.22 bits per heavy atom. The number of aromatic hydroxyl groups is 2. The molecule has 45 heavy (non-hydrogen) atoms. The van der Waals surface area contributed by atoms with E-state index in [1.807, 2.05) is 19.9 Å². The third-order valence-electron chi connectivity index (χ3n) is 8.49. The third-order valence-corrected chi connectivity index (χ3v) is 8.49. The van der Waals surface area contributed by atoms with Gasteiger partial charge in [0, 0.05) is 50.3 Å². The van der Waals surface area contributed by atoms with Gasteiger partial charge in [-0.15, -0.1) is 0 Å². The Bertz CT molecular complexity index is 1970. The summed E-state index contributed by atoms with van der Waals surface area (Å²) in [6.07, 6.45) is 6.11. The quantitative estimate of drug-likeness (QED) is 0.0931. The van der Waals surface area contributed by atoms with E-state index in [-0.39, 0.29) is 68.9 Å². The van der Waals surface area contributed by atoms with Gasteiger partial charge in [-0.3, -0.25) is 14.4 Å². The first-order chi connectivity index (χ1) is 21.2. The number of aliphatic hydroxyl groups is 1. The lowest BCUT2D eigenvalue weighted by Crippen LogP contribution is -2.38. The van der Waals surface area contributed by atoms with Crippen LogP contribution in [0.2, 0.25) is 0 Å². The van der Waals surface area contributed by atoms with Gasteiger partial charge in [-0.2, -0.15) is 0 Å². The number of allylic oxidation sites excluding steroid dienone is 3. The van der Waals surface area contributed by atoms with Crippen molar-refractivity contribution in [1.82, 2.24) is 9.55 Å². The summed E-state index contributed by atoms with van der Waals surface area (Å²) in [5, 5.41) is 33.5. The van der Waals surface area contributed by atoms with Gasteiger partial charge in [-0.1, -0.05) is 32.1 Å². The molecule has 5 rings (SSSR count). The number of rotatable bonds is 8. The van der Waals surface area contributed by atoms with Crippen molar-refractivity contribution in [2.24, 2.45) is 18.9 Å². The molecule has 11 nitrogen and oxygen atoms in total. The number of fused-ring (bicyclic) bond motifs is 6. The minimum absolute atomic E-state index is 0.0326. The number of nitrogens with one attached hydrogen (secondary N) is 1. The van der Waals surface area contributed by atoms with Gasteiger partial charge in [-0.25, -0.2) is 4.98 Å². The maximum absolute atomic E-state index is 14.3. The molecule has 0 bridgehead atoms. The summed E-state index contributed by atoms with van der Waals surface area (Å²) in [7, 11) is 2.98. The van der Waals surface area contributed by atoms with E-state index >= 15 is 0 Å². The number of aromatic nitrogens is 2. The van der Waals surface area contributed by atoms with Gasteiger partial charge in [0.1, 0.15) is 22.9 Å². The van der Waals surface area contributed by atoms with Crippen molar-refractivity contribution < 1.29 is 34.4 Å². The molecule has 0 spiro atoms. The minimum atomic E-state index is -1.69. The van der Waals surface area contributed by atoms with Crippen molar-refractivity contribution in [3.63, 3.8) is 0 Å². The number of Topliss-reactive ketones (excluding diaryl/α,β-unsaturated/α-hetero) is 1. The molecule has 2 aromatic carbocycles. The van der Waals surface area contributed by atoms with Crippen molar-refractivity contribution in [2.45, 2.75) is 46.8 Å². The predicted molar refractivity (Wildman–Crippen MR) is 171 cm³/mol. The lowest BCUT2D eigenvalue weighted by atomic mass is 9.91. The van der Waals surface area contributed by atoms with Crippen LogP contribution in [0.4, 0.5) is 5.69 Å². The molecule has 3 aliphatic rings. The summed E-state index contributed by atoms with van der Waals surface area (Å²) in [5.41, 5.74) is 0.874. The maximum Gasteiger partial charge on any atom is 0.272 e. The Morgan fingerprint density at radius 2 is 1.93 bits per heavy atom. The smallest absolute Gasteiger partial charge is 0.272 e. The SMILES string of the molecule is CO[C@@]1(C)Oc2c(C)c(O)c3c(=O)c(NC(=O)/C(C)=C\C=C\[C@H](C)C[C@@H](C)CO)c4n(C)c5cc(O)ccc5nc-4c3c2C1=O. The number of hydrogen-bond donors (Lipinski definition) is 4. The first-order valence-corrected chi connectivity index (χ1v) is 14.6. The highest BCUT2D eigenvalue weighted by molar-refractivity contribution is 6.22. The van der Waals surface area contributed by atoms with Crippen LogP contribution < -0.4 is 15.5 Å². The molecule has 0 saturated carbocycles. The molecule has 3 atom stereocenters. The fourth-order valence-corrected chi connectivity index (χ4v) is 5.85. The van der Waals surface area contributed by atoms with Crippen molar-refractivity contribution in [3.05, 3.63) is 63.4 Å². The molecular formula is C34H37N3O8. The van der Waals surface area contributed by atoms with Crippen molar-refractivity contribution >= 4 is 39.2 Å². The van der Waals surface area contributed by atoms with Gasteiger partial charge >= 0.3 is 0 Å². The van der Waals surface area contributed by atoms with Crippen molar-refractivity contribution in [2.75, 3.05) is 19.0 Å². The topological polar surface area (TPSA) is 160 Å². The van der Waals surface area contributed by atoms with Crippen LogP contribution in [0.5, 0.6) is 17.2 Å². The average molecular weight is 616 g/mol.